The minimum atomic E-state index is 0. The SMILES string of the molecule is Cl.O=C(c1cc2sc3ccccc3c2s1)N1CCC2CCC(C1)N2. The van der Waals surface area contributed by atoms with Gasteiger partial charge in [0.25, 0.3) is 5.91 Å². The van der Waals surface area contributed by atoms with Crippen LogP contribution in [-0.2, 0) is 0 Å². The topological polar surface area (TPSA) is 32.3 Å². The molecule has 2 aromatic heterocycles. The number of amides is 1. The molecule has 2 saturated heterocycles. The third-order valence-electron chi connectivity index (χ3n) is 5.07. The lowest BCUT2D eigenvalue weighted by Crippen LogP contribution is -2.38. The van der Waals surface area contributed by atoms with Crippen molar-refractivity contribution in [2.24, 2.45) is 0 Å². The number of thiophene rings is 2. The lowest BCUT2D eigenvalue weighted by Gasteiger charge is -2.23. The Morgan fingerprint density at radius 3 is 2.83 bits per heavy atom. The summed E-state index contributed by atoms with van der Waals surface area (Å²) < 4.78 is 3.82. The van der Waals surface area contributed by atoms with E-state index in [-0.39, 0.29) is 18.3 Å². The van der Waals surface area contributed by atoms with Crippen molar-refractivity contribution in [1.29, 1.82) is 0 Å². The molecular weight excluding hydrogens is 360 g/mol. The molecule has 126 valence electrons. The molecule has 6 heteroatoms. The summed E-state index contributed by atoms with van der Waals surface area (Å²) in [5.74, 6) is 0.219. The Morgan fingerprint density at radius 2 is 1.92 bits per heavy atom. The van der Waals surface area contributed by atoms with Crippen molar-refractivity contribution in [3.8, 4) is 0 Å². The second-order valence-electron chi connectivity index (χ2n) is 6.58. The lowest BCUT2D eigenvalue weighted by molar-refractivity contribution is 0.0753. The molecule has 0 saturated carbocycles. The first-order valence-corrected chi connectivity index (χ1v) is 9.87. The molecule has 2 fully saturated rings. The Hall–Kier alpha value is -1.14. The van der Waals surface area contributed by atoms with E-state index in [1.165, 1.54) is 32.3 Å². The van der Waals surface area contributed by atoms with Gasteiger partial charge in [0, 0.05) is 40.0 Å². The number of carbonyl (C=O) groups excluding carboxylic acids is 1. The Labute approximate surface area is 155 Å². The van der Waals surface area contributed by atoms with E-state index in [0.717, 1.165) is 24.4 Å². The summed E-state index contributed by atoms with van der Waals surface area (Å²) in [5, 5.41) is 4.93. The van der Waals surface area contributed by atoms with Gasteiger partial charge in [-0.15, -0.1) is 35.1 Å². The van der Waals surface area contributed by atoms with Crippen molar-refractivity contribution in [2.75, 3.05) is 13.1 Å². The first kappa shape index (κ1) is 16.3. The van der Waals surface area contributed by atoms with Crippen molar-refractivity contribution < 1.29 is 4.79 Å². The summed E-state index contributed by atoms with van der Waals surface area (Å²) in [5.41, 5.74) is 0. The number of halogens is 1. The van der Waals surface area contributed by atoms with E-state index in [0.29, 0.717) is 12.1 Å². The van der Waals surface area contributed by atoms with Crippen molar-refractivity contribution in [1.82, 2.24) is 10.2 Å². The second-order valence-corrected chi connectivity index (χ2v) is 8.72. The standard InChI is InChI=1S/C18H18N2OS2.ClH/c21-18(20-8-7-11-5-6-12(10-20)19-11)16-9-15-17(23-16)13-3-1-2-4-14(13)22-15;/h1-4,9,11-12,19H,5-8,10H2;1H. The molecule has 0 spiro atoms. The van der Waals surface area contributed by atoms with Crippen molar-refractivity contribution in [3.63, 3.8) is 0 Å². The predicted octanol–water partition coefficient (Wildman–Crippen LogP) is 4.50. The summed E-state index contributed by atoms with van der Waals surface area (Å²) in [6.45, 7) is 1.75. The maximum atomic E-state index is 12.9. The zero-order valence-electron chi connectivity index (χ0n) is 13.2. The number of benzene rings is 1. The highest BCUT2D eigenvalue weighted by molar-refractivity contribution is 7.33. The fraction of sp³-hybridized carbons (Fsp3) is 0.389. The molecule has 3 nitrogen and oxygen atoms in total. The van der Waals surface area contributed by atoms with Crippen molar-refractivity contribution in [2.45, 2.75) is 31.3 Å². The molecule has 0 aliphatic carbocycles. The zero-order chi connectivity index (χ0) is 15.4. The normalized spacial score (nSPS) is 23.4. The average molecular weight is 379 g/mol. The van der Waals surface area contributed by atoms with Gasteiger partial charge < -0.3 is 10.2 Å². The number of rotatable bonds is 1. The number of carbonyl (C=O) groups is 1. The summed E-state index contributed by atoms with van der Waals surface area (Å²) in [6, 6.07) is 11.7. The number of nitrogens with zero attached hydrogens (tertiary/aromatic N) is 1. The van der Waals surface area contributed by atoms with Gasteiger partial charge >= 0.3 is 0 Å². The van der Waals surface area contributed by atoms with Crippen LogP contribution >= 0.6 is 35.1 Å². The largest absolute Gasteiger partial charge is 0.336 e. The molecule has 3 aromatic rings. The number of likely N-dealkylation sites (tertiary alicyclic amines) is 1. The van der Waals surface area contributed by atoms with Crippen LogP contribution in [0.25, 0.3) is 19.5 Å². The van der Waals surface area contributed by atoms with Gasteiger partial charge in [-0.25, -0.2) is 0 Å². The summed E-state index contributed by atoms with van der Waals surface area (Å²) in [4.78, 5) is 15.9. The molecular formula is C18H19ClN2OS2. The molecule has 4 heterocycles. The number of fused-ring (bicyclic) bond motifs is 5. The van der Waals surface area contributed by atoms with Gasteiger partial charge in [0.15, 0.2) is 0 Å². The number of hydrogen-bond acceptors (Lipinski definition) is 4. The van der Waals surface area contributed by atoms with Crippen molar-refractivity contribution >= 4 is 60.5 Å². The fourth-order valence-electron chi connectivity index (χ4n) is 3.89. The smallest absolute Gasteiger partial charge is 0.264 e. The van der Waals surface area contributed by atoms with Crippen LogP contribution in [-0.4, -0.2) is 36.0 Å². The molecule has 2 aliphatic rings. The molecule has 5 rings (SSSR count). The Bertz CT molecular complexity index is 903. The van der Waals surface area contributed by atoms with E-state index in [9.17, 15) is 4.79 Å². The minimum Gasteiger partial charge on any atom is -0.336 e. The highest BCUT2D eigenvalue weighted by Gasteiger charge is 2.32. The zero-order valence-corrected chi connectivity index (χ0v) is 15.6. The summed E-state index contributed by atoms with van der Waals surface area (Å²) in [7, 11) is 0. The monoisotopic (exact) mass is 378 g/mol. The molecule has 2 atom stereocenters. The highest BCUT2D eigenvalue weighted by Crippen LogP contribution is 2.39. The van der Waals surface area contributed by atoms with Crippen LogP contribution in [0.15, 0.2) is 30.3 Å². The number of hydrogen-bond donors (Lipinski definition) is 1. The van der Waals surface area contributed by atoms with E-state index in [4.69, 9.17) is 0 Å². The summed E-state index contributed by atoms with van der Waals surface area (Å²) in [6.07, 6.45) is 3.57. The van der Waals surface area contributed by atoms with E-state index < -0.39 is 0 Å². The lowest BCUT2D eigenvalue weighted by atomic mass is 10.1. The van der Waals surface area contributed by atoms with Gasteiger partial charge in [0.2, 0.25) is 0 Å². The Kier molecular flexibility index (Phi) is 4.29. The molecule has 0 radical (unpaired) electrons. The molecule has 24 heavy (non-hydrogen) atoms. The van der Waals surface area contributed by atoms with E-state index in [1.54, 1.807) is 22.7 Å². The van der Waals surface area contributed by atoms with Gasteiger partial charge in [-0.1, -0.05) is 18.2 Å². The Balaban J connectivity index is 0.00000146. The van der Waals surface area contributed by atoms with Crippen LogP contribution in [0.4, 0.5) is 0 Å². The van der Waals surface area contributed by atoms with Crippen LogP contribution in [0, 0.1) is 0 Å². The highest BCUT2D eigenvalue weighted by atomic mass is 35.5. The second kappa shape index (κ2) is 6.30. The first-order chi connectivity index (χ1) is 11.3. The van der Waals surface area contributed by atoms with Crippen molar-refractivity contribution in [3.05, 3.63) is 35.2 Å². The Morgan fingerprint density at radius 1 is 1.08 bits per heavy atom. The van der Waals surface area contributed by atoms with Gasteiger partial charge in [0.05, 0.1) is 9.58 Å². The van der Waals surface area contributed by atoms with Gasteiger partial charge in [-0.2, -0.15) is 0 Å². The maximum Gasteiger partial charge on any atom is 0.264 e. The molecule has 1 N–H and O–H groups in total. The summed E-state index contributed by atoms with van der Waals surface area (Å²) >= 11 is 3.45. The molecule has 2 bridgehead atoms. The van der Waals surface area contributed by atoms with Crippen LogP contribution in [0.2, 0.25) is 0 Å². The third-order valence-corrected chi connectivity index (χ3v) is 7.47. The molecule has 1 aromatic carbocycles. The van der Waals surface area contributed by atoms with E-state index >= 15 is 0 Å². The molecule has 2 aliphatic heterocycles. The quantitative estimate of drug-likeness (QED) is 0.675. The van der Waals surface area contributed by atoms with Gasteiger partial charge in [-0.3, -0.25) is 4.79 Å². The van der Waals surface area contributed by atoms with Crippen LogP contribution in [0.5, 0.6) is 0 Å². The average Bonchev–Trinajstić information content (AvgIpc) is 3.19. The number of nitrogens with one attached hydrogen (secondary N) is 1. The minimum absolute atomic E-state index is 0. The van der Waals surface area contributed by atoms with E-state index in [1.807, 2.05) is 0 Å². The van der Waals surface area contributed by atoms with E-state index in [2.05, 4.69) is 40.5 Å². The van der Waals surface area contributed by atoms with Crippen LogP contribution < -0.4 is 5.32 Å². The predicted molar refractivity (Wildman–Crippen MR) is 105 cm³/mol. The molecule has 2 unspecified atom stereocenters. The maximum absolute atomic E-state index is 12.9. The van der Waals surface area contributed by atoms with Crippen LogP contribution in [0.3, 0.4) is 0 Å². The molecule has 1 amide bonds. The van der Waals surface area contributed by atoms with Gasteiger partial charge in [0.1, 0.15) is 0 Å². The van der Waals surface area contributed by atoms with Gasteiger partial charge in [-0.05, 0) is 31.4 Å². The fourth-order valence-corrected chi connectivity index (χ4v) is 6.38. The van der Waals surface area contributed by atoms with Crippen LogP contribution in [0.1, 0.15) is 28.9 Å². The third kappa shape index (κ3) is 2.64. The first-order valence-electron chi connectivity index (χ1n) is 8.24.